The van der Waals surface area contributed by atoms with Gasteiger partial charge < -0.3 is 0 Å². The minimum atomic E-state index is 0.430. The maximum absolute atomic E-state index is 8.83. The van der Waals surface area contributed by atoms with Gasteiger partial charge in [-0.05, 0) is 24.3 Å². The molecule has 5 heteroatoms. The van der Waals surface area contributed by atoms with E-state index in [1.165, 1.54) is 4.68 Å². The largest absolute Gasteiger partial charge is 0.222 e. The molecule has 2 rings (SSSR count). The Bertz CT molecular complexity index is 540. The van der Waals surface area contributed by atoms with Crippen molar-refractivity contribution in [3.63, 3.8) is 0 Å². The molecule has 0 atom stereocenters. The monoisotopic (exact) mass is 237 g/mol. The molecule has 0 aliphatic carbocycles. The predicted molar refractivity (Wildman–Crippen MR) is 58.3 cm³/mol. The molecule has 0 unspecified atom stereocenters. The van der Waals surface area contributed by atoms with Gasteiger partial charge in [-0.1, -0.05) is 23.2 Å². The van der Waals surface area contributed by atoms with E-state index in [1.807, 2.05) is 6.07 Å². The van der Waals surface area contributed by atoms with E-state index in [-0.39, 0.29) is 0 Å². The van der Waals surface area contributed by atoms with E-state index in [0.717, 1.165) is 0 Å². The smallest absolute Gasteiger partial charge is 0.144 e. The lowest BCUT2D eigenvalue weighted by Gasteiger charge is -2.05. The zero-order valence-electron chi connectivity index (χ0n) is 7.48. The Labute approximate surface area is 96.5 Å². The van der Waals surface area contributed by atoms with Gasteiger partial charge in [0.1, 0.15) is 11.8 Å². The number of benzene rings is 1. The van der Waals surface area contributed by atoms with Gasteiger partial charge in [0.2, 0.25) is 0 Å². The van der Waals surface area contributed by atoms with Crippen LogP contribution in [0.2, 0.25) is 10.0 Å². The lowest BCUT2D eigenvalue weighted by molar-refractivity contribution is 0.866. The summed E-state index contributed by atoms with van der Waals surface area (Å²) in [6.07, 6.45) is 1.55. The van der Waals surface area contributed by atoms with Crippen LogP contribution in [0.3, 0.4) is 0 Å². The van der Waals surface area contributed by atoms with E-state index in [1.54, 1.807) is 30.5 Å². The fraction of sp³-hybridized carbons (Fsp3) is 0. The van der Waals surface area contributed by atoms with Crippen LogP contribution < -0.4 is 0 Å². The third-order valence-corrected chi connectivity index (χ3v) is 2.43. The molecular formula is C10H5Cl2N3. The molecule has 0 aliphatic rings. The van der Waals surface area contributed by atoms with Gasteiger partial charge in [-0.25, -0.2) is 4.68 Å². The van der Waals surface area contributed by atoms with Crippen molar-refractivity contribution >= 4 is 23.2 Å². The Balaban J connectivity index is 2.60. The lowest BCUT2D eigenvalue weighted by atomic mass is 10.3. The van der Waals surface area contributed by atoms with E-state index in [9.17, 15) is 0 Å². The predicted octanol–water partition coefficient (Wildman–Crippen LogP) is 3.05. The van der Waals surface area contributed by atoms with E-state index in [0.29, 0.717) is 21.4 Å². The van der Waals surface area contributed by atoms with Crippen LogP contribution in [0, 0.1) is 11.3 Å². The first-order valence-corrected chi connectivity index (χ1v) is 4.87. The van der Waals surface area contributed by atoms with Crippen LogP contribution in [0.5, 0.6) is 0 Å². The Morgan fingerprint density at radius 2 is 2.07 bits per heavy atom. The summed E-state index contributed by atoms with van der Waals surface area (Å²) in [6.45, 7) is 0. The van der Waals surface area contributed by atoms with Crippen molar-refractivity contribution in [3.8, 4) is 11.8 Å². The van der Waals surface area contributed by atoms with E-state index in [4.69, 9.17) is 28.5 Å². The molecule has 0 saturated carbocycles. The second kappa shape index (κ2) is 3.93. The Kier molecular flexibility index (Phi) is 2.63. The summed E-state index contributed by atoms with van der Waals surface area (Å²) in [5.74, 6) is 0. The summed E-state index contributed by atoms with van der Waals surface area (Å²) < 4.78 is 1.47. The first-order valence-electron chi connectivity index (χ1n) is 4.12. The highest BCUT2D eigenvalue weighted by Gasteiger charge is 2.08. The third-order valence-electron chi connectivity index (χ3n) is 1.90. The van der Waals surface area contributed by atoms with Crippen LogP contribution in [0.1, 0.15) is 5.69 Å². The first-order chi connectivity index (χ1) is 7.22. The number of hydrogen-bond donors (Lipinski definition) is 0. The maximum Gasteiger partial charge on any atom is 0.144 e. The minimum absolute atomic E-state index is 0.430. The van der Waals surface area contributed by atoms with Crippen molar-refractivity contribution in [2.45, 2.75) is 0 Å². The lowest BCUT2D eigenvalue weighted by Crippen LogP contribution is -1.99. The number of halogens is 2. The Hall–Kier alpha value is -1.50. The van der Waals surface area contributed by atoms with Crippen molar-refractivity contribution in [2.75, 3.05) is 0 Å². The van der Waals surface area contributed by atoms with Gasteiger partial charge in [0.15, 0.2) is 0 Å². The Morgan fingerprint density at radius 1 is 1.27 bits per heavy atom. The van der Waals surface area contributed by atoms with Crippen molar-refractivity contribution in [3.05, 3.63) is 46.2 Å². The third kappa shape index (κ3) is 1.82. The van der Waals surface area contributed by atoms with Crippen LogP contribution in [0.25, 0.3) is 5.69 Å². The Morgan fingerprint density at radius 3 is 2.73 bits per heavy atom. The summed E-state index contributed by atoms with van der Waals surface area (Å²) in [4.78, 5) is 0. The molecular weight excluding hydrogens is 233 g/mol. The number of aromatic nitrogens is 2. The highest BCUT2D eigenvalue weighted by atomic mass is 35.5. The van der Waals surface area contributed by atoms with Gasteiger partial charge in [0.25, 0.3) is 0 Å². The zero-order valence-corrected chi connectivity index (χ0v) is 9.00. The summed E-state index contributed by atoms with van der Waals surface area (Å²) in [5, 5.41) is 13.9. The van der Waals surface area contributed by atoms with E-state index in [2.05, 4.69) is 5.10 Å². The standard InChI is InChI=1S/C10H5Cl2N3/c11-7-1-2-10(9(12)5-7)15-8(6-13)3-4-14-15/h1-5H. The maximum atomic E-state index is 8.83. The van der Waals surface area contributed by atoms with Gasteiger partial charge in [-0.3, -0.25) is 0 Å². The average molecular weight is 238 g/mol. The quantitative estimate of drug-likeness (QED) is 0.766. The van der Waals surface area contributed by atoms with E-state index >= 15 is 0 Å². The molecule has 0 bridgehead atoms. The molecule has 0 amide bonds. The summed E-state index contributed by atoms with van der Waals surface area (Å²) in [5.41, 5.74) is 1.07. The molecule has 74 valence electrons. The van der Waals surface area contributed by atoms with Crippen LogP contribution in [0.4, 0.5) is 0 Å². The molecule has 0 saturated heterocycles. The van der Waals surface area contributed by atoms with E-state index < -0.39 is 0 Å². The highest BCUT2D eigenvalue weighted by Crippen LogP contribution is 2.24. The van der Waals surface area contributed by atoms with Gasteiger partial charge >= 0.3 is 0 Å². The van der Waals surface area contributed by atoms with Gasteiger partial charge in [-0.15, -0.1) is 0 Å². The molecule has 1 heterocycles. The molecule has 0 radical (unpaired) electrons. The van der Waals surface area contributed by atoms with Crippen LogP contribution >= 0.6 is 23.2 Å². The number of nitrogens with zero attached hydrogens (tertiary/aromatic N) is 3. The zero-order chi connectivity index (χ0) is 10.8. The first kappa shape index (κ1) is 10.0. The van der Waals surface area contributed by atoms with Crippen LogP contribution in [-0.2, 0) is 0 Å². The van der Waals surface area contributed by atoms with Gasteiger partial charge in [-0.2, -0.15) is 10.4 Å². The molecule has 0 N–H and O–H groups in total. The molecule has 15 heavy (non-hydrogen) atoms. The second-order valence-electron chi connectivity index (χ2n) is 2.84. The molecule has 0 spiro atoms. The normalized spacial score (nSPS) is 9.93. The summed E-state index contributed by atoms with van der Waals surface area (Å²) in [6, 6.07) is 8.67. The number of nitriles is 1. The summed E-state index contributed by atoms with van der Waals surface area (Å²) >= 11 is 11.8. The van der Waals surface area contributed by atoms with Crippen LogP contribution in [0.15, 0.2) is 30.5 Å². The van der Waals surface area contributed by atoms with Gasteiger partial charge in [0, 0.05) is 5.02 Å². The molecule has 1 aromatic carbocycles. The topological polar surface area (TPSA) is 41.6 Å². The second-order valence-corrected chi connectivity index (χ2v) is 3.68. The fourth-order valence-electron chi connectivity index (χ4n) is 1.23. The van der Waals surface area contributed by atoms with Crippen molar-refractivity contribution in [1.29, 1.82) is 5.26 Å². The molecule has 0 fully saturated rings. The SMILES string of the molecule is N#Cc1ccnn1-c1ccc(Cl)cc1Cl. The molecule has 1 aromatic heterocycles. The molecule has 2 aromatic rings. The van der Waals surface area contributed by atoms with Crippen molar-refractivity contribution < 1.29 is 0 Å². The highest BCUT2D eigenvalue weighted by molar-refractivity contribution is 6.35. The molecule has 0 aliphatic heterocycles. The summed E-state index contributed by atoms with van der Waals surface area (Å²) in [7, 11) is 0. The molecule has 3 nitrogen and oxygen atoms in total. The van der Waals surface area contributed by atoms with Crippen LogP contribution in [-0.4, -0.2) is 9.78 Å². The van der Waals surface area contributed by atoms with Crippen molar-refractivity contribution in [1.82, 2.24) is 9.78 Å². The minimum Gasteiger partial charge on any atom is -0.222 e. The van der Waals surface area contributed by atoms with Crippen molar-refractivity contribution in [2.24, 2.45) is 0 Å². The van der Waals surface area contributed by atoms with Gasteiger partial charge in [0.05, 0.1) is 16.9 Å². The number of rotatable bonds is 1. The fourth-order valence-corrected chi connectivity index (χ4v) is 1.72. The average Bonchev–Trinajstić information content (AvgIpc) is 2.65. The number of hydrogen-bond acceptors (Lipinski definition) is 2.